The first-order valence-electron chi connectivity index (χ1n) is 9.36. The third kappa shape index (κ3) is 3.62. The van der Waals surface area contributed by atoms with E-state index in [0.717, 1.165) is 30.5 Å². The molecule has 2 aromatic rings. The minimum absolute atomic E-state index is 0.0737. The van der Waals surface area contributed by atoms with E-state index in [1.54, 1.807) is 0 Å². The van der Waals surface area contributed by atoms with Crippen molar-refractivity contribution in [2.24, 2.45) is 0 Å². The van der Waals surface area contributed by atoms with E-state index < -0.39 is 0 Å². The monoisotopic (exact) mass is 334 g/mol. The maximum Gasteiger partial charge on any atom is 0.251 e. The Balaban J connectivity index is 1.39. The molecule has 1 N–H and O–H groups in total. The highest BCUT2D eigenvalue weighted by atomic mass is 16.1. The van der Waals surface area contributed by atoms with Crippen LogP contribution in [0.3, 0.4) is 0 Å². The number of fused-ring (bicyclic) bond motifs is 2. The average molecular weight is 334 g/mol. The molecule has 2 bridgehead atoms. The molecule has 0 spiro atoms. The lowest BCUT2D eigenvalue weighted by Crippen LogP contribution is -2.49. The van der Waals surface area contributed by atoms with Crippen molar-refractivity contribution in [1.82, 2.24) is 10.2 Å². The summed E-state index contributed by atoms with van der Waals surface area (Å²) in [6.45, 7) is 3.06. The number of hydrogen-bond donors (Lipinski definition) is 1. The van der Waals surface area contributed by atoms with E-state index in [4.69, 9.17) is 0 Å². The number of piperidine rings is 1. The van der Waals surface area contributed by atoms with Crippen LogP contribution in [0.25, 0.3) is 0 Å². The summed E-state index contributed by atoms with van der Waals surface area (Å²) in [5.41, 5.74) is 3.30. The van der Waals surface area contributed by atoms with Crippen LogP contribution in [0, 0.1) is 6.92 Å². The first kappa shape index (κ1) is 16.3. The minimum atomic E-state index is 0.0737. The standard InChI is InChI=1S/C22H26N2O/c1-16-6-5-9-18(12-16)22(25)23-19-13-20-10-11-21(14-19)24(20)15-17-7-3-2-4-8-17/h2-9,12,19-21H,10-11,13-15H2,1H3,(H,23,25)/t19?,20-,21+. The largest absolute Gasteiger partial charge is 0.349 e. The second-order valence-electron chi connectivity index (χ2n) is 7.55. The molecule has 4 rings (SSSR count). The summed E-state index contributed by atoms with van der Waals surface area (Å²) in [6, 6.07) is 20.1. The van der Waals surface area contributed by atoms with Gasteiger partial charge in [-0.3, -0.25) is 9.69 Å². The number of rotatable bonds is 4. The number of nitrogens with one attached hydrogen (secondary N) is 1. The van der Waals surface area contributed by atoms with Gasteiger partial charge in [-0.05, 0) is 50.3 Å². The molecule has 2 aliphatic rings. The maximum atomic E-state index is 12.5. The smallest absolute Gasteiger partial charge is 0.251 e. The van der Waals surface area contributed by atoms with Crippen molar-refractivity contribution in [1.29, 1.82) is 0 Å². The van der Waals surface area contributed by atoms with Crippen molar-refractivity contribution in [3.8, 4) is 0 Å². The topological polar surface area (TPSA) is 32.3 Å². The van der Waals surface area contributed by atoms with Crippen LogP contribution in [0.4, 0.5) is 0 Å². The number of hydrogen-bond acceptors (Lipinski definition) is 2. The van der Waals surface area contributed by atoms with Crippen LogP contribution in [0.5, 0.6) is 0 Å². The van der Waals surface area contributed by atoms with E-state index in [-0.39, 0.29) is 5.91 Å². The second-order valence-corrected chi connectivity index (χ2v) is 7.55. The Kier molecular flexibility index (Phi) is 4.58. The molecule has 1 unspecified atom stereocenters. The van der Waals surface area contributed by atoms with Crippen molar-refractivity contribution in [3.63, 3.8) is 0 Å². The molecule has 3 heteroatoms. The first-order chi connectivity index (χ1) is 12.2. The molecule has 3 atom stereocenters. The highest BCUT2D eigenvalue weighted by Gasteiger charge is 2.40. The summed E-state index contributed by atoms with van der Waals surface area (Å²) in [7, 11) is 0. The molecule has 130 valence electrons. The van der Waals surface area contributed by atoms with Gasteiger partial charge in [-0.25, -0.2) is 0 Å². The van der Waals surface area contributed by atoms with Gasteiger partial charge in [0.2, 0.25) is 0 Å². The Hall–Kier alpha value is -2.13. The van der Waals surface area contributed by atoms with Gasteiger partial charge in [-0.15, -0.1) is 0 Å². The predicted octanol–water partition coefficient (Wildman–Crippen LogP) is 3.92. The maximum absolute atomic E-state index is 12.5. The van der Waals surface area contributed by atoms with Crippen LogP contribution in [-0.4, -0.2) is 28.9 Å². The molecular formula is C22H26N2O. The van der Waals surface area contributed by atoms with Crippen molar-refractivity contribution >= 4 is 5.91 Å². The molecule has 0 radical (unpaired) electrons. The Bertz CT molecular complexity index is 729. The lowest BCUT2D eigenvalue weighted by atomic mass is 9.96. The van der Waals surface area contributed by atoms with Crippen molar-refractivity contribution < 1.29 is 4.79 Å². The van der Waals surface area contributed by atoms with Crippen molar-refractivity contribution in [3.05, 3.63) is 71.3 Å². The van der Waals surface area contributed by atoms with Crippen LogP contribution in [0.2, 0.25) is 0 Å². The Labute approximate surface area is 150 Å². The molecule has 2 saturated heterocycles. The number of carbonyl (C=O) groups is 1. The van der Waals surface area contributed by atoms with Gasteiger partial charge in [0, 0.05) is 30.2 Å². The summed E-state index contributed by atoms with van der Waals surface area (Å²) in [4.78, 5) is 15.2. The molecule has 1 amide bonds. The van der Waals surface area contributed by atoms with Crippen LogP contribution in [0.1, 0.15) is 47.2 Å². The second kappa shape index (κ2) is 7.01. The summed E-state index contributed by atoms with van der Waals surface area (Å²) in [6.07, 6.45) is 4.66. The van der Waals surface area contributed by atoms with E-state index in [1.807, 2.05) is 31.2 Å². The van der Waals surface area contributed by atoms with Gasteiger partial charge in [0.1, 0.15) is 0 Å². The lowest BCUT2D eigenvalue weighted by molar-refractivity contribution is 0.0827. The zero-order chi connectivity index (χ0) is 17.2. The van der Waals surface area contributed by atoms with Crippen LogP contribution in [-0.2, 0) is 6.54 Å². The molecule has 2 fully saturated rings. The first-order valence-corrected chi connectivity index (χ1v) is 9.36. The quantitative estimate of drug-likeness (QED) is 0.919. The Morgan fingerprint density at radius 2 is 1.76 bits per heavy atom. The fourth-order valence-electron chi connectivity index (χ4n) is 4.50. The molecular weight excluding hydrogens is 308 g/mol. The molecule has 0 aliphatic carbocycles. The van der Waals surface area contributed by atoms with Gasteiger partial charge >= 0.3 is 0 Å². The highest BCUT2D eigenvalue weighted by Crippen LogP contribution is 2.36. The van der Waals surface area contributed by atoms with Gasteiger partial charge in [0.05, 0.1) is 0 Å². The molecule has 0 saturated carbocycles. The number of benzene rings is 2. The lowest BCUT2D eigenvalue weighted by Gasteiger charge is -2.39. The van der Waals surface area contributed by atoms with E-state index in [2.05, 4.69) is 40.5 Å². The van der Waals surface area contributed by atoms with Crippen molar-refractivity contribution in [2.45, 2.75) is 57.3 Å². The summed E-state index contributed by atoms with van der Waals surface area (Å²) < 4.78 is 0. The van der Waals surface area contributed by atoms with Gasteiger partial charge in [-0.2, -0.15) is 0 Å². The van der Waals surface area contributed by atoms with Gasteiger partial charge < -0.3 is 5.32 Å². The molecule has 2 aliphatic heterocycles. The molecule has 2 heterocycles. The predicted molar refractivity (Wildman–Crippen MR) is 100 cm³/mol. The molecule has 0 aromatic heterocycles. The molecule has 25 heavy (non-hydrogen) atoms. The number of amides is 1. The Morgan fingerprint density at radius 3 is 2.44 bits per heavy atom. The fraction of sp³-hybridized carbons (Fsp3) is 0.409. The SMILES string of the molecule is Cc1cccc(C(=O)NC2C[C@H]3CC[C@@H](C2)N3Cc2ccccc2)c1. The van der Waals surface area contributed by atoms with E-state index >= 15 is 0 Å². The highest BCUT2D eigenvalue weighted by molar-refractivity contribution is 5.94. The summed E-state index contributed by atoms with van der Waals surface area (Å²) in [5.74, 6) is 0.0737. The van der Waals surface area contributed by atoms with Crippen LogP contribution < -0.4 is 5.32 Å². The third-order valence-electron chi connectivity index (χ3n) is 5.71. The summed E-state index contributed by atoms with van der Waals surface area (Å²) in [5, 5.41) is 3.28. The summed E-state index contributed by atoms with van der Waals surface area (Å²) >= 11 is 0. The number of nitrogens with zero attached hydrogens (tertiary/aromatic N) is 1. The minimum Gasteiger partial charge on any atom is -0.349 e. The van der Waals surface area contributed by atoms with Crippen LogP contribution in [0.15, 0.2) is 54.6 Å². The zero-order valence-corrected chi connectivity index (χ0v) is 14.8. The van der Waals surface area contributed by atoms with E-state index in [9.17, 15) is 4.79 Å². The number of carbonyl (C=O) groups excluding carboxylic acids is 1. The van der Waals surface area contributed by atoms with Crippen molar-refractivity contribution in [2.75, 3.05) is 0 Å². The number of aryl methyl sites for hydroxylation is 1. The van der Waals surface area contributed by atoms with E-state index in [1.165, 1.54) is 18.4 Å². The van der Waals surface area contributed by atoms with Gasteiger partial charge in [-0.1, -0.05) is 48.0 Å². The normalized spacial score (nSPS) is 25.7. The Morgan fingerprint density at radius 1 is 1.04 bits per heavy atom. The average Bonchev–Trinajstić information content (AvgIpc) is 2.85. The zero-order valence-electron chi connectivity index (χ0n) is 14.8. The van der Waals surface area contributed by atoms with Crippen LogP contribution >= 0.6 is 0 Å². The molecule has 2 aromatic carbocycles. The fourth-order valence-corrected chi connectivity index (χ4v) is 4.50. The van der Waals surface area contributed by atoms with Gasteiger partial charge in [0.25, 0.3) is 5.91 Å². The van der Waals surface area contributed by atoms with Gasteiger partial charge in [0.15, 0.2) is 0 Å². The van der Waals surface area contributed by atoms with E-state index in [0.29, 0.717) is 18.1 Å². The third-order valence-corrected chi connectivity index (χ3v) is 5.71. The molecule has 3 nitrogen and oxygen atoms in total.